The number of ether oxygens (including phenoxy) is 1. The molecule has 0 aromatic carbocycles. The highest BCUT2D eigenvalue weighted by molar-refractivity contribution is 14.0. The number of morpholine rings is 1. The number of guanidine groups is 1. The highest BCUT2D eigenvalue weighted by Crippen LogP contribution is 2.19. The summed E-state index contributed by atoms with van der Waals surface area (Å²) in [5.41, 5.74) is 0. The predicted octanol–water partition coefficient (Wildman–Crippen LogP) is 3.05. The van der Waals surface area contributed by atoms with Crippen molar-refractivity contribution in [2.45, 2.75) is 65.3 Å². The molecule has 0 saturated carbocycles. The molecule has 1 fully saturated rings. The van der Waals surface area contributed by atoms with Crippen LogP contribution in [0.2, 0.25) is 0 Å². The first-order valence-electron chi connectivity index (χ1n) is 11.2. The number of aliphatic imine (C=N–C) groups is 1. The summed E-state index contributed by atoms with van der Waals surface area (Å²) < 4.78 is 10.9. The van der Waals surface area contributed by atoms with Gasteiger partial charge in [0, 0.05) is 51.6 Å². The molecule has 1 saturated heterocycles. The van der Waals surface area contributed by atoms with E-state index in [1.54, 1.807) is 0 Å². The minimum Gasteiger partial charge on any atom is -0.379 e. The van der Waals surface area contributed by atoms with E-state index in [2.05, 4.69) is 58.4 Å². The lowest BCUT2D eigenvalue weighted by Crippen LogP contribution is -2.53. The highest BCUT2D eigenvalue weighted by Gasteiger charge is 2.27. The second kappa shape index (κ2) is 15.0. The van der Waals surface area contributed by atoms with Gasteiger partial charge < -0.3 is 19.9 Å². The van der Waals surface area contributed by atoms with Crippen LogP contribution in [0, 0.1) is 5.92 Å². The van der Waals surface area contributed by atoms with Crippen LogP contribution in [0.15, 0.2) is 9.52 Å². The van der Waals surface area contributed by atoms with E-state index in [-0.39, 0.29) is 24.0 Å². The van der Waals surface area contributed by atoms with Gasteiger partial charge >= 0.3 is 0 Å². The molecule has 2 rings (SSSR count). The molecule has 1 aromatic rings. The van der Waals surface area contributed by atoms with E-state index in [9.17, 15) is 0 Å². The van der Waals surface area contributed by atoms with Gasteiger partial charge in [0.15, 0.2) is 11.8 Å². The third-order valence-corrected chi connectivity index (χ3v) is 5.67. The molecular weight excluding hydrogens is 495 g/mol. The second-order valence-electron chi connectivity index (χ2n) is 7.98. The van der Waals surface area contributed by atoms with Crippen molar-refractivity contribution in [1.82, 2.24) is 25.7 Å². The van der Waals surface area contributed by atoms with Gasteiger partial charge in [-0.3, -0.25) is 9.89 Å². The van der Waals surface area contributed by atoms with E-state index in [1.165, 1.54) is 12.8 Å². The average molecular weight is 537 g/mol. The molecule has 1 aliphatic rings. The number of aromatic nitrogens is 2. The zero-order chi connectivity index (χ0) is 21.1. The molecule has 8 nitrogen and oxygen atoms in total. The standard InChI is InChI=1S/C21H40N6O2.HI/c1-6-17(7-2)18(27-11-13-28-14-12-27)15-24-21(22-5)23-10-8-9-19-25-20(16(3)4)26-29-19;/h16-18H,6-15H2,1-5H3,(H2,22,23,24);1H. The molecule has 1 aromatic heterocycles. The summed E-state index contributed by atoms with van der Waals surface area (Å²) in [6, 6.07) is 0.500. The van der Waals surface area contributed by atoms with Crippen LogP contribution in [-0.2, 0) is 11.2 Å². The normalized spacial score (nSPS) is 16.6. The van der Waals surface area contributed by atoms with Gasteiger partial charge in [-0.2, -0.15) is 4.98 Å². The van der Waals surface area contributed by atoms with Gasteiger partial charge in [0.2, 0.25) is 5.89 Å². The molecule has 2 heterocycles. The molecule has 1 unspecified atom stereocenters. The van der Waals surface area contributed by atoms with Gasteiger partial charge in [0.25, 0.3) is 0 Å². The van der Waals surface area contributed by atoms with Crippen molar-refractivity contribution in [1.29, 1.82) is 0 Å². The first kappa shape index (κ1) is 27.1. The Labute approximate surface area is 199 Å². The van der Waals surface area contributed by atoms with Crippen LogP contribution in [0.5, 0.6) is 0 Å². The van der Waals surface area contributed by atoms with Crippen LogP contribution in [0.4, 0.5) is 0 Å². The summed E-state index contributed by atoms with van der Waals surface area (Å²) in [6.07, 6.45) is 4.07. The molecule has 1 atom stereocenters. The summed E-state index contributed by atoms with van der Waals surface area (Å²) in [7, 11) is 1.82. The smallest absolute Gasteiger partial charge is 0.226 e. The minimum absolute atomic E-state index is 0. The molecule has 2 N–H and O–H groups in total. The Morgan fingerprint density at radius 2 is 1.87 bits per heavy atom. The average Bonchev–Trinajstić information content (AvgIpc) is 3.22. The van der Waals surface area contributed by atoms with Crippen LogP contribution in [0.25, 0.3) is 0 Å². The molecule has 0 amide bonds. The number of nitrogens with one attached hydrogen (secondary N) is 2. The highest BCUT2D eigenvalue weighted by atomic mass is 127. The maximum absolute atomic E-state index is 5.54. The molecule has 0 radical (unpaired) electrons. The van der Waals surface area contributed by atoms with E-state index in [0.29, 0.717) is 23.8 Å². The fourth-order valence-electron chi connectivity index (χ4n) is 3.81. The number of hydrogen-bond acceptors (Lipinski definition) is 6. The SMILES string of the molecule is CCC(CC)C(CNC(=NC)NCCCc1nc(C(C)C)no1)N1CCOCC1.I. The Kier molecular flexibility index (Phi) is 13.5. The van der Waals surface area contributed by atoms with Crippen molar-refractivity contribution in [3.8, 4) is 0 Å². The van der Waals surface area contributed by atoms with Crippen LogP contribution >= 0.6 is 24.0 Å². The summed E-state index contributed by atoms with van der Waals surface area (Å²) in [6.45, 7) is 14.1. The quantitative estimate of drug-likeness (QED) is 0.195. The predicted molar refractivity (Wildman–Crippen MR) is 132 cm³/mol. The molecule has 30 heavy (non-hydrogen) atoms. The molecule has 174 valence electrons. The van der Waals surface area contributed by atoms with Gasteiger partial charge in [-0.25, -0.2) is 0 Å². The Morgan fingerprint density at radius 3 is 2.43 bits per heavy atom. The summed E-state index contributed by atoms with van der Waals surface area (Å²) in [5.74, 6) is 3.30. The lowest BCUT2D eigenvalue weighted by atomic mass is 9.92. The third kappa shape index (κ3) is 8.66. The monoisotopic (exact) mass is 536 g/mol. The van der Waals surface area contributed by atoms with E-state index >= 15 is 0 Å². The summed E-state index contributed by atoms with van der Waals surface area (Å²) in [4.78, 5) is 11.4. The summed E-state index contributed by atoms with van der Waals surface area (Å²) in [5, 5.41) is 11.0. The molecule has 0 spiro atoms. The number of aryl methyl sites for hydroxylation is 1. The van der Waals surface area contributed by atoms with Gasteiger partial charge in [-0.15, -0.1) is 24.0 Å². The Morgan fingerprint density at radius 1 is 1.17 bits per heavy atom. The van der Waals surface area contributed by atoms with Crippen molar-refractivity contribution in [2.24, 2.45) is 10.9 Å². The van der Waals surface area contributed by atoms with Crippen molar-refractivity contribution < 1.29 is 9.26 Å². The molecular formula is C21H41IN6O2. The molecule has 0 aliphatic carbocycles. The van der Waals surface area contributed by atoms with E-state index in [0.717, 1.165) is 64.0 Å². The van der Waals surface area contributed by atoms with Gasteiger partial charge in [-0.05, 0) is 12.3 Å². The van der Waals surface area contributed by atoms with Crippen LogP contribution < -0.4 is 10.6 Å². The number of halogens is 1. The third-order valence-electron chi connectivity index (χ3n) is 5.67. The van der Waals surface area contributed by atoms with Gasteiger partial charge in [0.1, 0.15) is 0 Å². The number of hydrogen-bond donors (Lipinski definition) is 2. The second-order valence-corrected chi connectivity index (χ2v) is 7.98. The topological polar surface area (TPSA) is 87.8 Å². The Bertz CT molecular complexity index is 600. The fraction of sp³-hybridized carbons (Fsp3) is 0.857. The molecule has 9 heteroatoms. The maximum atomic E-state index is 5.54. The van der Waals surface area contributed by atoms with Crippen LogP contribution in [0.1, 0.15) is 64.6 Å². The van der Waals surface area contributed by atoms with Crippen LogP contribution in [0.3, 0.4) is 0 Å². The molecule has 0 bridgehead atoms. The van der Waals surface area contributed by atoms with Gasteiger partial charge in [-0.1, -0.05) is 45.7 Å². The Hall–Kier alpha value is -0.940. The first-order chi connectivity index (χ1) is 14.1. The van der Waals surface area contributed by atoms with Crippen molar-refractivity contribution in [2.75, 3.05) is 46.4 Å². The lowest BCUT2D eigenvalue weighted by molar-refractivity contribution is 0.00272. The van der Waals surface area contributed by atoms with Crippen molar-refractivity contribution in [3.05, 3.63) is 11.7 Å². The Balaban J connectivity index is 0.00000450. The maximum Gasteiger partial charge on any atom is 0.226 e. The fourth-order valence-corrected chi connectivity index (χ4v) is 3.81. The summed E-state index contributed by atoms with van der Waals surface area (Å²) >= 11 is 0. The number of rotatable bonds is 11. The van der Waals surface area contributed by atoms with E-state index in [1.807, 2.05) is 7.05 Å². The first-order valence-corrected chi connectivity index (χ1v) is 11.2. The van der Waals surface area contributed by atoms with E-state index < -0.39 is 0 Å². The number of nitrogens with zero attached hydrogens (tertiary/aromatic N) is 4. The molecule has 1 aliphatic heterocycles. The van der Waals surface area contributed by atoms with Crippen molar-refractivity contribution in [3.63, 3.8) is 0 Å². The largest absolute Gasteiger partial charge is 0.379 e. The van der Waals surface area contributed by atoms with E-state index in [4.69, 9.17) is 9.26 Å². The minimum atomic E-state index is 0. The zero-order valence-corrected chi connectivity index (χ0v) is 21.6. The zero-order valence-electron chi connectivity index (χ0n) is 19.3. The lowest BCUT2D eigenvalue weighted by Gasteiger charge is -2.39. The van der Waals surface area contributed by atoms with Crippen LogP contribution in [-0.4, -0.2) is 73.5 Å². The van der Waals surface area contributed by atoms with Gasteiger partial charge in [0.05, 0.1) is 13.2 Å². The van der Waals surface area contributed by atoms with Crippen molar-refractivity contribution >= 4 is 29.9 Å².